The first-order valence-corrected chi connectivity index (χ1v) is 5.73. The van der Waals surface area contributed by atoms with E-state index in [9.17, 15) is 4.79 Å². The van der Waals surface area contributed by atoms with Crippen molar-refractivity contribution in [3.63, 3.8) is 0 Å². The summed E-state index contributed by atoms with van der Waals surface area (Å²) in [7, 11) is 2.12. The van der Waals surface area contributed by atoms with Gasteiger partial charge in [-0.05, 0) is 45.8 Å². The summed E-state index contributed by atoms with van der Waals surface area (Å²) in [6.07, 6.45) is 2.55. The molecule has 2 N–H and O–H groups in total. The molecule has 1 rings (SSSR count). The summed E-state index contributed by atoms with van der Waals surface area (Å²) < 4.78 is 4.90. The molecule has 0 spiro atoms. The average Bonchev–Trinajstić information content (AvgIpc) is 2.18. The van der Waals surface area contributed by atoms with Crippen molar-refractivity contribution >= 4 is 5.97 Å². The van der Waals surface area contributed by atoms with Crippen molar-refractivity contribution in [1.29, 1.82) is 0 Å². The molecule has 0 amide bonds. The first-order chi connectivity index (χ1) is 7.13. The number of esters is 1. The van der Waals surface area contributed by atoms with Crippen LogP contribution in [-0.4, -0.2) is 43.7 Å². The van der Waals surface area contributed by atoms with Gasteiger partial charge in [0.25, 0.3) is 0 Å². The van der Waals surface area contributed by atoms with Crippen molar-refractivity contribution in [1.82, 2.24) is 4.90 Å². The van der Waals surface area contributed by atoms with Gasteiger partial charge >= 0.3 is 5.97 Å². The Balaban J connectivity index is 2.27. The first kappa shape index (κ1) is 12.5. The predicted octanol–water partition coefficient (Wildman–Crippen LogP) is 0.609. The molecular weight excluding hydrogens is 192 g/mol. The number of nitrogens with zero attached hydrogens (tertiary/aromatic N) is 1. The molecule has 1 saturated heterocycles. The van der Waals surface area contributed by atoms with Gasteiger partial charge in [0.2, 0.25) is 0 Å². The zero-order valence-electron chi connectivity index (χ0n) is 9.74. The van der Waals surface area contributed by atoms with Gasteiger partial charge in [0.05, 0.1) is 13.0 Å². The summed E-state index contributed by atoms with van der Waals surface area (Å²) in [6, 6.07) is -0.0299. The van der Waals surface area contributed by atoms with E-state index in [1.807, 2.05) is 6.92 Å². The van der Waals surface area contributed by atoms with Gasteiger partial charge in [0.15, 0.2) is 0 Å². The lowest BCUT2D eigenvalue weighted by molar-refractivity contribution is -0.143. The Morgan fingerprint density at radius 3 is 2.67 bits per heavy atom. The number of carbonyl (C=O) groups excluding carboxylic acids is 1. The number of nitrogens with two attached hydrogens (primary N) is 1. The normalized spacial score (nSPS) is 21.3. The molecule has 1 heterocycles. The second kappa shape index (κ2) is 6.08. The molecule has 0 aromatic rings. The van der Waals surface area contributed by atoms with Crippen molar-refractivity contribution in [2.45, 2.75) is 32.2 Å². The van der Waals surface area contributed by atoms with Gasteiger partial charge in [-0.15, -0.1) is 0 Å². The Kier molecular flexibility index (Phi) is 5.05. The lowest BCUT2D eigenvalue weighted by Crippen LogP contribution is -2.40. The first-order valence-electron chi connectivity index (χ1n) is 5.73. The number of ether oxygens (including phenoxy) is 1. The highest BCUT2D eigenvalue weighted by atomic mass is 16.5. The average molecular weight is 214 g/mol. The quantitative estimate of drug-likeness (QED) is 0.697. The molecule has 0 aromatic heterocycles. The Morgan fingerprint density at radius 2 is 2.13 bits per heavy atom. The summed E-state index contributed by atoms with van der Waals surface area (Å²) in [5.74, 6) is 0.314. The summed E-state index contributed by atoms with van der Waals surface area (Å²) in [4.78, 5) is 13.5. The van der Waals surface area contributed by atoms with Crippen LogP contribution in [0, 0.1) is 5.92 Å². The van der Waals surface area contributed by atoms with Crippen LogP contribution in [0.2, 0.25) is 0 Å². The van der Waals surface area contributed by atoms with Crippen molar-refractivity contribution < 1.29 is 9.53 Å². The number of likely N-dealkylation sites (tertiary alicyclic amines) is 1. The minimum atomic E-state index is -0.163. The van der Waals surface area contributed by atoms with Gasteiger partial charge < -0.3 is 15.4 Å². The maximum atomic E-state index is 11.2. The molecule has 1 aliphatic rings. The predicted molar refractivity (Wildman–Crippen MR) is 59.4 cm³/mol. The van der Waals surface area contributed by atoms with E-state index in [0.717, 1.165) is 25.9 Å². The number of piperidine rings is 1. The molecule has 15 heavy (non-hydrogen) atoms. The zero-order chi connectivity index (χ0) is 11.3. The number of hydrogen-bond acceptors (Lipinski definition) is 4. The van der Waals surface area contributed by atoms with Crippen LogP contribution >= 0.6 is 0 Å². The van der Waals surface area contributed by atoms with Gasteiger partial charge in [-0.2, -0.15) is 0 Å². The van der Waals surface area contributed by atoms with Crippen LogP contribution in [0.4, 0.5) is 0 Å². The van der Waals surface area contributed by atoms with Crippen LogP contribution in [0.5, 0.6) is 0 Å². The van der Waals surface area contributed by atoms with E-state index in [2.05, 4.69) is 11.9 Å². The Hall–Kier alpha value is -0.610. The molecule has 4 nitrogen and oxygen atoms in total. The second-order valence-electron chi connectivity index (χ2n) is 4.31. The Bertz CT molecular complexity index is 201. The Labute approximate surface area is 91.8 Å². The van der Waals surface area contributed by atoms with Crippen molar-refractivity contribution in [2.75, 3.05) is 26.7 Å². The lowest BCUT2D eigenvalue weighted by Gasteiger charge is -2.32. The summed E-state index contributed by atoms with van der Waals surface area (Å²) in [5.41, 5.74) is 6.01. The lowest BCUT2D eigenvalue weighted by atomic mass is 9.88. The van der Waals surface area contributed by atoms with Crippen LogP contribution in [-0.2, 0) is 9.53 Å². The number of rotatable bonds is 4. The van der Waals surface area contributed by atoms with E-state index in [1.54, 1.807) is 0 Å². The van der Waals surface area contributed by atoms with E-state index < -0.39 is 0 Å². The SMILES string of the molecule is CCOC(=O)CC(N)C1CCN(C)CC1. The maximum absolute atomic E-state index is 11.2. The Morgan fingerprint density at radius 1 is 1.53 bits per heavy atom. The molecular formula is C11H22N2O2. The number of carbonyl (C=O) groups is 1. The minimum Gasteiger partial charge on any atom is -0.466 e. The summed E-state index contributed by atoms with van der Waals surface area (Å²) in [6.45, 7) is 4.43. The standard InChI is InChI=1S/C11H22N2O2/c1-3-15-11(14)8-10(12)9-4-6-13(2)7-5-9/h9-10H,3-8,12H2,1-2H3. The monoisotopic (exact) mass is 214 g/mol. The van der Waals surface area contributed by atoms with Crippen LogP contribution in [0.25, 0.3) is 0 Å². The highest BCUT2D eigenvalue weighted by Crippen LogP contribution is 2.20. The van der Waals surface area contributed by atoms with E-state index >= 15 is 0 Å². The van der Waals surface area contributed by atoms with Gasteiger partial charge in [0.1, 0.15) is 0 Å². The van der Waals surface area contributed by atoms with Crippen molar-refractivity contribution in [2.24, 2.45) is 11.7 Å². The van der Waals surface area contributed by atoms with Gasteiger partial charge in [-0.1, -0.05) is 0 Å². The molecule has 1 unspecified atom stereocenters. The van der Waals surface area contributed by atoms with E-state index in [4.69, 9.17) is 10.5 Å². The third kappa shape index (κ3) is 4.18. The molecule has 0 saturated carbocycles. The van der Waals surface area contributed by atoms with E-state index in [1.165, 1.54) is 0 Å². The molecule has 1 atom stereocenters. The number of hydrogen-bond donors (Lipinski definition) is 1. The fourth-order valence-corrected chi connectivity index (χ4v) is 2.04. The third-order valence-electron chi connectivity index (χ3n) is 3.08. The minimum absolute atomic E-state index is 0.0299. The zero-order valence-corrected chi connectivity index (χ0v) is 9.74. The summed E-state index contributed by atoms with van der Waals surface area (Å²) in [5, 5.41) is 0. The molecule has 0 bridgehead atoms. The highest BCUT2D eigenvalue weighted by Gasteiger charge is 2.24. The van der Waals surface area contributed by atoms with Crippen molar-refractivity contribution in [3.8, 4) is 0 Å². The molecule has 0 radical (unpaired) electrons. The summed E-state index contributed by atoms with van der Waals surface area (Å²) >= 11 is 0. The molecule has 0 aliphatic carbocycles. The van der Waals surface area contributed by atoms with Crippen LogP contribution in [0.3, 0.4) is 0 Å². The highest BCUT2D eigenvalue weighted by molar-refractivity contribution is 5.70. The topological polar surface area (TPSA) is 55.6 Å². The third-order valence-corrected chi connectivity index (χ3v) is 3.08. The fraction of sp³-hybridized carbons (Fsp3) is 0.909. The van der Waals surface area contributed by atoms with Crippen molar-refractivity contribution in [3.05, 3.63) is 0 Å². The largest absolute Gasteiger partial charge is 0.466 e. The van der Waals surface area contributed by atoms with Gasteiger partial charge in [-0.25, -0.2) is 0 Å². The molecule has 88 valence electrons. The van der Waals surface area contributed by atoms with E-state index in [-0.39, 0.29) is 12.0 Å². The second-order valence-corrected chi connectivity index (χ2v) is 4.31. The van der Waals surface area contributed by atoms with Gasteiger partial charge in [0, 0.05) is 6.04 Å². The fourth-order valence-electron chi connectivity index (χ4n) is 2.04. The molecule has 1 aliphatic heterocycles. The molecule has 1 fully saturated rings. The van der Waals surface area contributed by atoms with Gasteiger partial charge in [-0.3, -0.25) is 4.79 Å². The molecule has 0 aromatic carbocycles. The molecule has 4 heteroatoms. The van der Waals surface area contributed by atoms with Crippen LogP contribution in [0.1, 0.15) is 26.2 Å². The smallest absolute Gasteiger partial charge is 0.307 e. The van der Waals surface area contributed by atoms with Crippen LogP contribution in [0.15, 0.2) is 0 Å². The van der Waals surface area contributed by atoms with E-state index in [0.29, 0.717) is 18.9 Å². The maximum Gasteiger partial charge on any atom is 0.307 e. The van der Waals surface area contributed by atoms with Crippen LogP contribution < -0.4 is 5.73 Å².